The molecule has 2 atom stereocenters. The molecule has 0 fully saturated rings. The first-order valence-electron chi connectivity index (χ1n) is 6.21. The van der Waals surface area contributed by atoms with E-state index in [2.05, 4.69) is 40.8 Å². The van der Waals surface area contributed by atoms with Gasteiger partial charge in [0.05, 0.1) is 6.07 Å². The van der Waals surface area contributed by atoms with Gasteiger partial charge in [-0.3, -0.25) is 4.98 Å². The van der Waals surface area contributed by atoms with Gasteiger partial charge in [0.25, 0.3) is 0 Å². The zero-order valence-electron chi connectivity index (χ0n) is 10.5. The summed E-state index contributed by atoms with van der Waals surface area (Å²) in [4.78, 5) is 4.43. The number of hydrogen-bond donors (Lipinski definition) is 0. The molecule has 2 unspecified atom stereocenters. The lowest BCUT2D eigenvalue weighted by molar-refractivity contribution is 0.376. The highest BCUT2D eigenvalue weighted by molar-refractivity contribution is 9.10. The fourth-order valence-electron chi connectivity index (χ4n) is 2.30. The van der Waals surface area contributed by atoms with Crippen LogP contribution in [-0.4, -0.2) is 4.98 Å². The highest BCUT2D eigenvalue weighted by Crippen LogP contribution is 2.33. The molecular formula is C14H19BrN2. The standard InChI is InChI=1S/C14H19BrN2/c1-3-5-11(4-2)13(6-8-16)14-10-12(15)7-9-17-14/h7,9-11,13H,3-6H2,1-2H3. The maximum absolute atomic E-state index is 8.99. The fraction of sp³-hybridized carbons (Fsp3) is 0.571. The first-order chi connectivity index (χ1) is 8.22. The number of aromatic nitrogens is 1. The monoisotopic (exact) mass is 294 g/mol. The average molecular weight is 295 g/mol. The summed E-state index contributed by atoms with van der Waals surface area (Å²) in [5, 5.41) is 8.99. The van der Waals surface area contributed by atoms with E-state index in [0.717, 1.165) is 29.4 Å². The molecule has 0 saturated heterocycles. The summed E-state index contributed by atoms with van der Waals surface area (Å²) < 4.78 is 1.04. The molecule has 1 rings (SSSR count). The predicted octanol–water partition coefficient (Wildman–Crippen LogP) is 4.67. The highest BCUT2D eigenvalue weighted by Gasteiger charge is 2.22. The molecule has 0 spiro atoms. The molecule has 0 N–H and O–H groups in total. The van der Waals surface area contributed by atoms with Crippen molar-refractivity contribution in [1.29, 1.82) is 5.26 Å². The molecular weight excluding hydrogens is 276 g/mol. The van der Waals surface area contributed by atoms with Crippen LogP contribution in [0.2, 0.25) is 0 Å². The summed E-state index contributed by atoms with van der Waals surface area (Å²) in [6, 6.07) is 6.27. The van der Waals surface area contributed by atoms with Gasteiger partial charge in [0.15, 0.2) is 0 Å². The third kappa shape index (κ3) is 4.12. The lowest BCUT2D eigenvalue weighted by Crippen LogP contribution is -2.13. The maximum atomic E-state index is 8.99. The number of nitrogens with zero attached hydrogens (tertiary/aromatic N) is 2. The van der Waals surface area contributed by atoms with Gasteiger partial charge in [-0.25, -0.2) is 0 Å². The Kier molecular flexibility index (Phi) is 6.21. The molecule has 0 amide bonds. The van der Waals surface area contributed by atoms with Crippen LogP contribution in [0.4, 0.5) is 0 Å². The summed E-state index contributed by atoms with van der Waals surface area (Å²) >= 11 is 3.47. The van der Waals surface area contributed by atoms with Gasteiger partial charge in [-0.2, -0.15) is 5.26 Å². The topological polar surface area (TPSA) is 36.7 Å². The Morgan fingerprint density at radius 2 is 2.24 bits per heavy atom. The summed E-state index contributed by atoms with van der Waals surface area (Å²) in [6.07, 6.45) is 5.80. The molecule has 0 bridgehead atoms. The maximum Gasteiger partial charge on any atom is 0.0628 e. The van der Waals surface area contributed by atoms with E-state index in [9.17, 15) is 0 Å². The van der Waals surface area contributed by atoms with Crippen LogP contribution in [-0.2, 0) is 0 Å². The van der Waals surface area contributed by atoms with E-state index in [1.807, 2.05) is 18.3 Å². The van der Waals surface area contributed by atoms with Gasteiger partial charge in [0.2, 0.25) is 0 Å². The van der Waals surface area contributed by atoms with Crippen LogP contribution in [0.25, 0.3) is 0 Å². The van der Waals surface area contributed by atoms with Crippen molar-refractivity contribution in [3.63, 3.8) is 0 Å². The number of pyridine rings is 1. The van der Waals surface area contributed by atoms with E-state index in [1.54, 1.807) is 0 Å². The third-order valence-electron chi connectivity index (χ3n) is 3.19. The quantitative estimate of drug-likeness (QED) is 0.764. The van der Waals surface area contributed by atoms with E-state index in [-0.39, 0.29) is 5.92 Å². The Balaban J connectivity index is 2.95. The second-order valence-electron chi connectivity index (χ2n) is 4.32. The van der Waals surface area contributed by atoms with Crippen LogP contribution in [0, 0.1) is 17.2 Å². The Morgan fingerprint density at radius 1 is 1.47 bits per heavy atom. The van der Waals surface area contributed by atoms with Crippen LogP contribution >= 0.6 is 15.9 Å². The predicted molar refractivity (Wildman–Crippen MR) is 73.6 cm³/mol. The summed E-state index contributed by atoms with van der Waals surface area (Å²) in [5.41, 5.74) is 1.04. The number of halogens is 1. The Hall–Kier alpha value is -0.880. The molecule has 0 aliphatic rings. The molecule has 92 valence electrons. The van der Waals surface area contributed by atoms with Crippen LogP contribution in [0.15, 0.2) is 22.8 Å². The molecule has 3 heteroatoms. The zero-order valence-corrected chi connectivity index (χ0v) is 12.1. The minimum absolute atomic E-state index is 0.266. The van der Waals surface area contributed by atoms with E-state index in [1.165, 1.54) is 0 Å². The van der Waals surface area contributed by atoms with Crippen molar-refractivity contribution >= 4 is 15.9 Å². The normalized spacial score (nSPS) is 14.0. The minimum Gasteiger partial charge on any atom is -0.261 e. The molecule has 0 radical (unpaired) electrons. The van der Waals surface area contributed by atoms with E-state index in [4.69, 9.17) is 5.26 Å². The molecule has 0 aliphatic carbocycles. The van der Waals surface area contributed by atoms with Crippen molar-refractivity contribution in [2.45, 2.75) is 45.4 Å². The Labute approximate surface area is 112 Å². The van der Waals surface area contributed by atoms with Gasteiger partial charge in [-0.05, 0) is 18.1 Å². The lowest BCUT2D eigenvalue weighted by atomic mass is 9.82. The van der Waals surface area contributed by atoms with Crippen molar-refractivity contribution in [3.8, 4) is 6.07 Å². The van der Waals surface area contributed by atoms with Crippen LogP contribution < -0.4 is 0 Å². The van der Waals surface area contributed by atoms with Crippen molar-refractivity contribution in [2.75, 3.05) is 0 Å². The van der Waals surface area contributed by atoms with Gasteiger partial charge < -0.3 is 0 Å². The second kappa shape index (κ2) is 7.45. The third-order valence-corrected chi connectivity index (χ3v) is 3.68. The van der Waals surface area contributed by atoms with Gasteiger partial charge in [-0.1, -0.05) is 49.0 Å². The minimum atomic E-state index is 0.266. The molecule has 0 saturated carbocycles. The summed E-state index contributed by atoms with van der Waals surface area (Å²) in [6.45, 7) is 4.39. The highest BCUT2D eigenvalue weighted by atomic mass is 79.9. The van der Waals surface area contributed by atoms with E-state index >= 15 is 0 Å². The Morgan fingerprint density at radius 3 is 2.76 bits per heavy atom. The Bertz CT molecular complexity index is 384. The van der Waals surface area contributed by atoms with Gasteiger partial charge in [-0.15, -0.1) is 0 Å². The summed E-state index contributed by atoms with van der Waals surface area (Å²) in [5.74, 6) is 0.823. The molecule has 2 nitrogen and oxygen atoms in total. The molecule has 0 aromatic carbocycles. The number of hydrogen-bond acceptors (Lipinski definition) is 2. The molecule has 17 heavy (non-hydrogen) atoms. The second-order valence-corrected chi connectivity index (χ2v) is 5.24. The molecule has 1 aromatic rings. The van der Waals surface area contributed by atoms with Gasteiger partial charge in [0.1, 0.15) is 0 Å². The summed E-state index contributed by atoms with van der Waals surface area (Å²) in [7, 11) is 0. The largest absolute Gasteiger partial charge is 0.261 e. The van der Waals surface area contributed by atoms with Crippen molar-refractivity contribution in [2.24, 2.45) is 5.92 Å². The SMILES string of the molecule is CCCC(CC)C(CC#N)c1cc(Br)ccn1. The smallest absolute Gasteiger partial charge is 0.0628 e. The van der Waals surface area contributed by atoms with Crippen LogP contribution in [0.5, 0.6) is 0 Å². The van der Waals surface area contributed by atoms with Crippen molar-refractivity contribution in [3.05, 3.63) is 28.5 Å². The van der Waals surface area contributed by atoms with E-state index in [0.29, 0.717) is 12.3 Å². The lowest BCUT2D eigenvalue weighted by Gasteiger charge is -2.23. The fourth-order valence-corrected chi connectivity index (χ4v) is 2.65. The van der Waals surface area contributed by atoms with Crippen molar-refractivity contribution < 1.29 is 0 Å². The number of rotatable bonds is 6. The zero-order chi connectivity index (χ0) is 12.7. The number of nitriles is 1. The molecule has 1 aromatic heterocycles. The van der Waals surface area contributed by atoms with Gasteiger partial charge in [0, 0.05) is 28.7 Å². The van der Waals surface area contributed by atoms with Gasteiger partial charge >= 0.3 is 0 Å². The van der Waals surface area contributed by atoms with Crippen LogP contribution in [0.3, 0.4) is 0 Å². The average Bonchev–Trinajstić information content (AvgIpc) is 2.33. The molecule has 1 heterocycles. The van der Waals surface area contributed by atoms with Crippen molar-refractivity contribution in [1.82, 2.24) is 4.98 Å². The first kappa shape index (κ1) is 14.2. The van der Waals surface area contributed by atoms with Crippen LogP contribution in [0.1, 0.15) is 51.1 Å². The van der Waals surface area contributed by atoms with E-state index < -0.39 is 0 Å². The first-order valence-corrected chi connectivity index (χ1v) is 7.00. The molecule has 0 aliphatic heterocycles.